The van der Waals surface area contributed by atoms with Crippen molar-refractivity contribution in [2.45, 2.75) is 52.2 Å². The molecule has 3 nitrogen and oxygen atoms in total. The van der Waals surface area contributed by atoms with E-state index in [-0.39, 0.29) is 6.04 Å². The maximum absolute atomic E-state index is 6.44. The Hall–Kier alpha value is -0.900. The van der Waals surface area contributed by atoms with E-state index in [9.17, 15) is 0 Å². The minimum Gasteiger partial charge on any atom is -0.377 e. The van der Waals surface area contributed by atoms with Crippen LogP contribution in [0.2, 0.25) is 0 Å². The molecule has 0 amide bonds. The number of likely N-dealkylation sites (tertiary alicyclic amines) is 1. The third-order valence-electron chi connectivity index (χ3n) is 4.30. The third kappa shape index (κ3) is 4.80. The van der Waals surface area contributed by atoms with Gasteiger partial charge in [-0.3, -0.25) is 4.90 Å². The molecule has 0 spiro atoms. The van der Waals surface area contributed by atoms with Gasteiger partial charge in [0.2, 0.25) is 0 Å². The van der Waals surface area contributed by atoms with Crippen molar-refractivity contribution in [2.24, 2.45) is 5.73 Å². The quantitative estimate of drug-likeness (QED) is 0.874. The Morgan fingerprint density at radius 1 is 1.38 bits per heavy atom. The number of ether oxygens (including phenoxy) is 1. The van der Waals surface area contributed by atoms with E-state index in [1.165, 1.54) is 29.5 Å². The second-order valence-corrected chi connectivity index (χ2v) is 6.36. The fraction of sp³-hybridized carbons (Fsp3) is 0.667. The van der Waals surface area contributed by atoms with Gasteiger partial charge in [0.25, 0.3) is 0 Å². The second kappa shape index (κ2) is 7.92. The molecule has 1 saturated heterocycles. The summed E-state index contributed by atoms with van der Waals surface area (Å²) in [5, 5.41) is 0. The van der Waals surface area contributed by atoms with E-state index in [1.807, 2.05) is 0 Å². The Bertz CT molecular complexity index is 447. The molecule has 0 radical (unpaired) electrons. The fourth-order valence-electron chi connectivity index (χ4n) is 3.22. The summed E-state index contributed by atoms with van der Waals surface area (Å²) in [5.41, 5.74) is 10.3. The number of nitrogens with two attached hydrogens (primary N) is 1. The lowest BCUT2D eigenvalue weighted by atomic mass is 9.98. The molecule has 0 saturated carbocycles. The Labute approximate surface area is 129 Å². The molecule has 1 aliphatic rings. The number of hydrogen-bond acceptors (Lipinski definition) is 3. The molecule has 1 fully saturated rings. The predicted molar refractivity (Wildman–Crippen MR) is 88.5 cm³/mol. The molecule has 2 unspecified atom stereocenters. The summed E-state index contributed by atoms with van der Waals surface area (Å²) >= 11 is 0. The first kappa shape index (κ1) is 16.5. The van der Waals surface area contributed by atoms with Crippen molar-refractivity contribution in [1.82, 2.24) is 4.90 Å². The van der Waals surface area contributed by atoms with Gasteiger partial charge in [0.05, 0.1) is 6.10 Å². The van der Waals surface area contributed by atoms with Crippen LogP contribution >= 0.6 is 0 Å². The van der Waals surface area contributed by atoms with Crippen molar-refractivity contribution in [3.05, 3.63) is 34.9 Å². The Morgan fingerprint density at radius 2 is 2.19 bits per heavy atom. The van der Waals surface area contributed by atoms with Crippen molar-refractivity contribution < 1.29 is 4.74 Å². The Morgan fingerprint density at radius 3 is 2.90 bits per heavy atom. The van der Waals surface area contributed by atoms with Crippen molar-refractivity contribution >= 4 is 0 Å². The zero-order valence-corrected chi connectivity index (χ0v) is 13.8. The monoisotopic (exact) mass is 290 g/mol. The van der Waals surface area contributed by atoms with Gasteiger partial charge in [-0.05, 0) is 50.8 Å². The first-order valence-corrected chi connectivity index (χ1v) is 8.26. The smallest absolute Gasteiger partial charge is 0.0702 e. The predicted octanol–water partition coefficient (Wildman–Crippen LogP) is 3.19. The number of piperidine rings is 1. The number of rotatable bonds is 6. The molecule has 0 aromatic heterocycles. The fourth-order valence-corrected chi connectivity index (χ4v) is 3.22. The van der Waals surface area contributed by atoms with Crippen molar-refractivity contribution in [3.63, 3.8) is 0 Å². The summed E-state index contributed by atoms with van der Waals surface area (Å²) in [4.78, 5) is 2.47. The minimum atomic E-state index is 0.0931. The van der Waals surface area contributed by atoms with Gasteiger partial charge in [-0.2, -0.15) is 0 Å². The van der Waals surface area contributed by atoms with Crippen molar-refractivity contribution in [3.8, 4) is 0 Å². The van der Waals surface area contributed by atoms with Crippen LogP contribution in [-0.4, -0.2) is 37.2 Å². The van der Waals surface area contributed by atoms with Gasteiger partial charge in [0, 0.05) is 25.7 Å². The zero-order valence-electron chi connectivity index (χ0n) is 13.8. The molecule has 1 heterocycles. The summed E-state index contributed by atoms with van der Waals surface area (Å²) in [6, 6.07) is 6.66. The zero-order chi connectivity index (χ0) is 15.2. The maximum atomic E-state index is 6.44. The molecule has 2 rings (SSSR count). The molecule has 21 heavy (non-hydrogen) atoms. The Kier molecular flexibility index (Phi) is 6.22. The van der Waals surface area contributed by atoms with Crippen LogP contribution in [0.4, 0.5) is 0 Å². The lowest BCUT2D eigenvalue weighted by Gasteiger charge is -2.34. The summed E-state index contributed by atoms with van der Waals surface area (Å²) in [6.45, 7) is 10.4. The average molecular weight is 290 g/mol. The first-order valence-electron chi connectivity index (χ1n) is 8.26. The van der Waals surface area contributed by atoms with Crippen LogP contribution in [-0.2, 0) is 4.74 Å². The van der Waals surface area contributed by atoms with E-state index >= 15 is 0 Å². The normalized spacial score (nSPS) is 21.4. The molecule has 2 N–H and O–H groups in total. The SMILES string of the molecule is CCCOC1CCCN(CC(N)c2ccc(C)cc2C)C1. The van der Waals surface area contributed by atoms with Gasteiger partial charge in [-0.15, -0.1) is 0 Å². The maximum Gasteiger partial charge on any atom is 0.0702 e. The molecule has 118 valence electrons. The topological polar surface area (TPSA) is 38.5 Å². The van der Waals surface area contributed by atoms with E-state index in [4.69, 9.17) is 10.5 Å². The van der Waals surface area contributed by atoms with E-state index in [0.29, 0.717) is 6.10 Å². The van der Waals surface area contributed by atoms with Crippen LogP contribution in [0.5, 0.6) is 0 Å². The molecule has 1 aliphatic heterocycles. The second-order valence-electron chi connectivity index (χ2n) is 6.36. The molecule has 2 atom stereocenters. The van der Waals surface area contributed by atoms with Crippen LogP contribution in [0.3, 0.4) is 0 Å². The van der Waals surface area contributed by atoms with Gasteiger partial charge in [-0.1, -0.05) is 30.7 Å². The summed E-state index contributed by atoms with van der Waals surface area (Å²) < 4.78 is 5.91. The molecule has 1 aromatic rings. The summed E-state index contributed by atoms with van der Waals surface area (Å²) in [7, 11) is 0. The molecular weight excluding hydrogens is 260 g/mol. The lowest BCUT2D eigenvalue weighted by molar-refractivity contribution is -0.00139. The number of aryl methyl sites for hydroxylation is 2. The van der Waals surface area contributed by atoms with E-state index < -0.39 is 0 Å². The highest BCUT2D eigenvalue weighted by atomic mass is 16.5. The molecular formula is C18H30N2O. The molecule has 0 aliphatic carbocycles. The summed E-state index contributed by atoms with van der Waals surface area (Å²) in [5.74, 6) is 0. The van der Waals surface area contributed by atoms with Crippen LogP contribution in [0, 0.1) is 13.8 Å². The highest BCUT2D eigenvalue weighted by Crippen LogP contribution is 2.21. The Balaban J connectivity index is 1.90. The van der Waals surface area contributed by atoms with Crippen LogP contribution in [0.1, 0.15) is 48.9 Å². The third-order valence-corrected chi connectivity index (χ3v) is 4.30. The molecule has 3 heteroatoms. The number of nitrogens with zero attached hydrogens (tertiary/aromatic N) is 1. The van der Waals surface area contributed by atoms with E-state index in [0.717, 1.165) is 32.7 Å². The van der Waals surface area contributed by atoms with Crippen molar-refractivity contribution in [1.29, 1.82) is 0 Å². The van der Waals surface area contributed by atoms with E-state index in [1.54, 1.807) is 0 Å². The highest BCUT2D eigenvalue weighted by molar-refractivity contribution is 5.32. The van der Waals surface area contributed by atoms with Gasteiger partial charge in [0.1, 0.15) is 0 Å². The largest absolute Gasteiger partial charge is 0.377 e. The van der Waals surface area contributed by atoms with E-state index in [2.05, 4.69) is 43.9 Å². The highest BCUT2D eigenvalue weighted by Gasteiger charge is 2.22. The lowest BCUT2D eigenvalue weighted by Crippen LogP contribution is -2.43. The first-order chi connectivity index (χ1) is 10.1. The van der Waals surface area contributed by atoms with Crippen LogP contribution in [0.15, 0.2) is 18.2 Å². The van der Waals surface area contributed by atoms with Gasteiger partial charge in [-0.25, -0.2) is 0 Å². The standard InChI is InChI=1S/C18H30N2O/c1-4-10-21-16-6-5-9-20(12-16)13-18(19)17-8-7-14(2)11-15(17)3/h7-8,11,16,18H,4-6,9-10,12-13,19H2,1-3H3. The van der Waals surface area contributed by atoms with Gasteiger partial charge in [0.15, 0.2) is 0 Å². The number of hydrogen-bond donors (Lipinski definition) is 1. The molecule has 1 aromatic carbocycles. The average Bonchev–Trinajstić information content (AvgIpc) is 2.45. The molecule has 0 bridgehead atoms. The van der Waals surface area contributed by atoms with Crippen molar-refractivity contribution in [2.75, 3.05) is 26.2 Å². The minimum absolute atomic E-state index is 0.0931. The van der Waals surface area contributed by atoms with Crippen LogP contribution < -0.4 is 5.73 Å². The van der Waals surface area contributed by atoms with Gasteiger partial charge >= 0.3 is 0 Å². The van der Waals surface area contributed by atoms with Gasteiger partial charge < -0.3 is 10.5 Å². The number of benzene rings is 1. The van der Waals surface area contributed by atoms with Crippen LogP contribution in [0.25, 0.3) is 0 Å². The summed E-state index contributed by atoms with van der Waals surface area (Å²) in [6.07, 6.45) is 3.90.